The number of anilines is 4. The zero-order valence-electron chi connectivity index (χ0n) is 29.2. The van der Waals surface area contributed by atoms with Crippen molar-refractivity contribution in [1.29, 1.82) is 0 Å². The summed E-state index contributed by atoms with van der Waals surface area (Å²) in [6, 6.07) is 17.8. The Morgan fingerprint density at radius 1 is 0.731 bits per heavy atom. The van der Waals surface area contributed by atoms with E-state index in [0.29, 0.717) is 57.1 Å². The van der Waals surface area contributed by atoms with Gasteiger partial charge in [0.05, 0.1) is 27.5 Å². The van der Waals surface area contributed by atoms with Crippen LogP contribution < -0.4 is 10.6 Å². The largest absolute Gasteiger partial charge is 0.342 e. The SMILES string of the molecule is CCN(C)C(=O)c1cnc(Nc2cc(CN(CC)C(=O)c3cnc(Nc4cccc(F)c4F)c4cccc(C)c34)cc(Cl)c2F)c2cccc(C)c12. The molecule has 0 fully saturated rings. The molecule has 2 N–H and O–H groups in total. The number of amides is 2. The van der Waals surface area contributed by atoms with Crippen LogP contribution in [0.15, 0.2) is 79.1 Å². The van der Waals surface area contributed by atoms with Crippen LogP contribution in [0, 0.1) is 31.3 Å². The standard InChI is InChI=1S/C40H36ClF3N6O2/c1-6-49(5)39(51)27-19-45-38(25-13-8-11-22(3)33(25)27)48-32-18-24(17-29(41)35(32)43)21-50(7-2)40(52)28-20-46-37(26-14-9-12-23(4)34(26)28)47-31-16-10-15-30(42)36(31)44/h8-20H,6-7,21H2,1-5H3,(H,45,48)(H,46,47). The van der Waals surface area contributed by atoms with Crippen LogP contribution in [-0.2, 0) is 6.54 Å². The van der Waals surface area contributed by atoms with E-state index in [1.165, 1.54) is 30.6 Å². The second-order valence-electron chi connectivity index (χ2n) is 12.5. The fraction of sp³-hybridized carbons (Fsp3) is 0.200. The van der Waals surface area contributed by atoms with Gasteiger partial charge in [-0.15, -0.1) is 0 Å². The first-order chi connectivity index (χ1) is 24.9. The molecule has 0 radical (unpaired) electrons. The number of hydrogen-bond acceptors (Lipinski definition) is 6. The normalized spacial score (nSPS) is 11.2. The minimum Gasteiger partial charge on any atom is -0.342 e. The Labute approximate surface area is 304 Å². The van der Waals surface area contributed by atoms with Gasteiger partial charge in [0.2, 0.25) is 0 Å². The van der Waals surface area contributed by atoms with Crippen molar-refractivity contribution in [3.8, 4) is 0 Å². The molecule has 8 nitrogen and oxygen atoms in total. The van der Waals surface area contributed by atoms with Gasteiger partial charge in [0, 0.05) is 60.6 Å². The van der Waals surface area contributed by atoms with Crippen molar-refractivity contribution in [3.63, 3.8) is 0 Å². The highest BCUT2D eigenvalue weighted by Crippen LogP contribution is 2.35. The molecule has 0 spiro atoms. The van der Waals surface area contributed by atoms with Crippen molar-refractivity contribution in [3.05, 3.63) is 129 Å². The fourth-order valence-corrected chi connectivity index (χ4v) is 6.49. The van der Waals surface area contributed by atoms with Crippen LogP contribution in [0.1, 0.15) is 51.3 Å². The molecule has 0 bridgehead atoms. The van der Waals surface area contributed by atoms with Gasteiger partial charge in [-0.1, -0.05) is 54.1 Å². The first-order valence-electron chi connectivity index (χ1n) is 16.7. The van der Waals surface area contributed by atoms with Crippen molar-refractivity contribution in [1.82, 2.24) is 19.8 Å². The molecule has 0 atom stereocenters. The molecule has 0 unspecified atom stereocenters. The fourth-order valence-electron chi connectivity index (χ4n) is 6.25. The van der Waals surface area contributed by atoms with Crippen LogP contribution in [0.3, 0.4) is 0 Å². The number of pyridine rings is 2. The highest BCUT2D eigenvalue weighted by Gasteiger charge is 2.23. The lowest BCUT2D eigenvalue weighted by molar-refractivity contribution is 0.0753. The third-order valence-corrected chi connectivity index (χ3v) is 9.38. The van der Waals surface area contributed by atoms with E-state index >= 15 is 4.39 Å². The van der Waals surface area contributed by atoms with Crippen molar-refractivity contribution >= 4 is 68.0 Å². The summed E-state index contributed by atoms with van der Waals surface area (Å²) in [4.78, 5) is 39.5. The molecule has 0 aliphatic rings. The number of aryl methyl sites for hydroxylation is 2. The number of fused-ring (bicyclic) bond motifs is 2. The van der Waals surface area contributed by atoms with E-state index < -0.39 is 17.5 Å². The second-order valence-corrected chi connectivity index (χ2v) is 12.9. The molecule has 4 aromatic carbocycles. The summed E-state index contributed by atoms with van der Waals surface area (Å²) in [5.74, 6) is -2.66. The van der Waals surface area contributed by atoms with Crippen LogP contribution in [0.4, 0.5) is 36.2 Å². The average molecular weight is 725 g/mol. The van der Waals surface area contributed by atoms with Crippen LogP contribution in [0.5, 0.6) is 0 Å². The zero-order chi connectivity index (χ0) is 37.3. The maximum absolute atomic E-state index is 15.6. The topological polar surface area (TPSA) is 90.5 Å². The number of carbonyl (C=O) groups is 2. The highest BCUT2D eigenvalue weighted by molar-refractivity contribution is 6.31. The van der Waals surface area contributed by atoms with Gasteiger partial charge in [0.1, 0.15) is 11.6 Å². The van der Waals surface area contributed by atoms with Crippen LogP contribution >= 0.6 is 11.6 Å². The Bertz CT molecular complexity index is 2370. The van der Waals surface area contributed by atoms with Gasteiger partial charge in [-0.2, -0.15) is 0 Å². The molecular formula is C40H36ClF3N6O2. The van der Waals surface area contributed by atoms with E-state index in [1.54, 1.807) is 35.0 Å². The van der Waals surface area contributed by atoms with E-state index in [9.17, 15) is 18.4 Å². The maximum Gasteiger partial charge on any atom is 0.256 e. The molecule has 6 rings (SSSR count). The summed E-state index contributed by atoms with van der Waals surface area (Å²) in [5.41, 5.74) is 2.90. The molecular weight excluding hydrogens is 689 g/mol. The van der Waals surface area contributed by atoms with Gasteiger partial charge >= 0.3 is 0 Å². The molecule has 266 valence electrons. The first kappa shape index (κ1) is 36.1. The molecule has 0 aliphatic carbocycles. The summed E-state index contributed by atoms with van der Waals surface area (Å²) in [7, 11) is 1.72. The Kier molecular flexibility index (Phi) is 10.3. The molecule has 0 aliphatic heterocycles. The van der Waals surface area contributed by atoms with Crippen molar-refractivity contribution in [2.45, 2.75) is 34.2 Å². The molecule has 12 heteroatoms. The van der Waals surface area contributed by atoms with Crippen molar-refractivity contribution < 1.29 is 22.8 Å². The molecule has 6 aromatic rings. The number of hydrogen-bond donors (Lipinski definition) is 2. The predicted octanol–water partition coefficient (Wildman–Crippen LogP) is 9.71. The third-order valence-electron chi connectivity index (χ3n) is 9.11. The van der Waals surface area contributed by atoms with Gasteiger partial charge in [-0.05, 0) is 68.7 Å². The van der Waals surface area contributed by atoms with Crippen LogP contribution in [0.25, 0.3) is 21.5 Å². The van der Waals surface area contributed by atoms with E-state index in [1.807, 2.05) is 52.0 Å². The zero-order valence-corrected chi connectivity index (χ0v) is 30.0. The number of rotatable bonds is 10. The van der Waals surface area contributed by atoms with E-state index in [4.69, 9.17) is 11.6 Å². The lowest BCUT2D eigenvalue weighted by Gasteiger charge is -2.23. The Balaban J connectivity index is 1.33. The van der Waals surface area contributed by atoms with E-state index in [-0.39, 0.29) is 40.6 Å². The lowest BCUT2D eigenvalue weighted by atomic mass is 10.0. The lowest BCUT2D eigenvalue weighted by Crippen LogP contribution is -2.30. The number of nitrogens with one attached hydrogen (secondary N) is 2. The Morgan fingerprint density at radius 3 is 1.87 bits per heavy atom. The summed E-state index contributed by atoms with van der Waals surface area (Å²) < 4.78 is 44.0. The maximum atomic E-state index is 15.6. The number of carbonyl (C=O) groups excluding carboxylic acids is 2. The highest BCUT2D eigenvalue weighted by atomic mass is 35.5. The third kappa shape index (κ3) is 6.83. The molecule has 52 heavy (non-hydrogen) atoms. The first-order valence-corrected chi connectivity index (χ1v) is 17.1. The minimum atomic E-state index is -1.04. The summed E-state index contributed by atoms with van der Waals surface area (Å²) >= 11 is 6.42. The quantitative estimate of drug-likeness (QED) is 0.146. The van der Waals surface area contributed by atoms with Crippen molar-refractivity contribution in [2.24, 2.45) is 0 Å². The van der Waals surface area contributed by atoms with E-state index in [0.717, 1.165) is 17.2 Å². The number of halogens is 4. The number of benzene rings is 4. The van der Waals surface area contributed by atoms with Gasteiger partial charge in [0.15, 0.2) is 17.5 Å². The van der Waals surface area contributed by atoms with Gasteiger partial charge in [-0.25, -0.2) is 23.1 Å². The predicted molar refractivity (Wildman–Crippen MR) is 200 cm³/mol. The Morgan fingerprint density at radius 2 is 1.29 bits per heavy atom. The summed E-state index contributed by atoms with van der Waals surface area (Å²) in [6.45, 7) is 8.36. The average Bonchev–Trinajstić information content (AvgIpc) is 3.14. The number of nitrogens with zero attached hydrogens (tertiary/aromatic N) is 4. The molecule has 0 saturated carbocycles. The Hall–Kier alpha value is -5.68. The van der Waals surface area contributed by atoms with Gasteiger partial charge < -0.3 is 20.4 Å². The minimum absolute atomic E-state index is 0.0500. The molecule has 2 aromatic heterocycles. The summed E-state index contributed by atoms with van der Waals surface area (Å²) in [5, 5.41) is 8.28. The molecule has 2 amide bonds. The smallest absolute Gasteiger partial charge is 0.256 e. The van der Waals surface area contributed by atoms with Gasteiger partial charge in [0.25, 0.3) is 11.8 Å². The molecule has 2 heterocycles. The van der Waals surface area contributed by atoms with Gasteiger partial charge in [-0.3, -0.25) is 9.59 Å². The molecule has 0 saturated heterocycles. The number of aromatic nitrogens is 2. The van der Waals surface area contributed by atoms with Crippen LogP contribution in [-0.4, -0.2) is 51.7 Å². The van der Waals surface area contributed by atoms with Crippen LogP contribution in [0.2, 0.25) is 5.02 Å². The summed E-state index contributed by atoms with van der Waals surface area (Å²) in [6.07, 6.45) is 2.90. The monoisotopic (exact) mass is 724 g/mol. The van der Waals surface area contributed by atoms with E-state index in [2.05, 4.69) is 20.6 Å². The second kappa shape index (κ2) is 14.9. The van der Waals surface area contributed by atoms with Crippen molar-refractivity contribution in [2.75, 3.05) is 30.8 Å².